The van der Waals surface area contributed by atoms with E-state index in [4.69, 9.17) is 9.72 Å². The van der Waals surface area contributed by atoms with E-state index in [1.54, 1.807) is 0 Å². The SMILES string of the molecule is Cc1ccc(OCCCn2c(CC(C)(C)C)nc3ccccc32)cc1. The van der Waals surface area contributed by atoms with E-state index in [-0.39, 0.29) is 5.41 Å². The second-order valence-corrected chi connectivity index (χ2v) is 7.92. The molecule has 0 atom stereocenters. The molecule has 0 saturated heterocycles. The molecule has 25 heavy (non-hydrogen) atoms. The predicted octanol–water partition coefficient (Wildman–Crippen LogP) is 5.40. The standard InChI is InChI=1S/C22H28N2O/c1-17-10-12-18(13-11-17)25-15-7-14-24-20-9-6-5-8-19(20)23-21(24)16-22(2,3)4/h5-6,8-13H,7,14-16H2,1-4H3. The van der Waals surface area contributed by atoms with Gasteiger partial charge in [-0.05, 0) is 43.0 Å². The van der Waals surface area contributed by atoms with E-state index in [1.165, 1.54) is 16.9 Å². The molecular weight excluding hydrogens is 308 g/mol. The van der Waals surface area contributed by atoms with Gasteiger partial charge in [-0.15, -0.1) is 0 Å². The van der Waals surface area contributed by atoms with Crippen molar-refractivity contribution in [3.8, 4) is 5.75 Å². The van der Waals surface area contributed by atoms with E-state index in [1.807, 2.05) is 12.1 Å². The van der Waals surface area contributed by atoms with Gasteiger partial charge < -0.3 is 9.30 Å². The second-order valence-electron chi connectivity index (χ2n) is 7.92. The molecule has 0 aliphatic heterocycles. The molecule has 0 amide bonds. The summed E-state index contributed by atoms with van der Waals surface area (Å²) in [6, 6.07) is 16.6. The van der Waals surface area contributed by atoms with E-state index < -0.39 is 0 Å². The summed E-state index contributed by atoms with van der Waals surface area (Å²) in [7, 11) is 0. The maximum absolute atomic E-state index is 5.88. The first kappa shape index (κ1) is 17.5. The molecule has 0 N–H and O–H groups in total. The molecule has 132 valence electrons. The number of hydrogen-bond donors (Lipinski definition) is 0. The molecule has 0 aliphatic rings. The third-order valence-electron chi connectivity index (χ3n) is 4.24. The number of ether oxygens (including phenoxy) is 1. The molecular formula is C22H28N2O. The summed E-state index contributed by atoms with van der Waals surface area (Å²) in [4.78, 5) is 4.87. The lowest BCUT2D eigenvalue weighted by Gasteiger charge is -2.19. The highest BCUT2D eigenvalue weighted by molar-refractivity contribution is 5.75. The maximum Gasteiger partial charge on any atom is 0.119 e. The Bertz CT molecular complexity index is 825. The van der Waals surface area contributed by atoms with Crippen LogP contribution in [0, 0.1) is 12.3 Å². The molecule has 0 spiro atoms. The fourth-order valence-corrected chi connectivity index (χ4v) is 3.03. The monoisotopic (exact) mass is 336 g/mol. The molecule has 3 heteroatoms. The number of aryl methyl sites for hydroxylation is 2. The highest BCUT2D eigenvalue weighted by Gasteiger charge is 2.17. The second kappa shape index (κ2) is 7.30. The number of fused-ring (bicyclic) bond motifs is 1. The summed E-state index contributed by atoms with van der Waals surface area (Å²) >= 11 is 0. The van der Waals surface area contributed by atoms with Crippen molar-refractivity contribution >= 4 is 11.0 Å². The van der Waals surface area contributed by atoms with Crippen molar-refractivity contribution in [3.63, 3.8) is 0 Å². The third kappa shape index (κ3) is 4.62. The molecule has 0 fully saturated rings. The largest absolute Gasteiger partial charge is 0.494 e. The topological polar surface area (TPSA) is 27.1 Å². The first-order valence-corrected chi connectivity index (χ1v) is 9.06. The van der Waals surface area contributed by atoms with Crippen molar-refractivity contribution in [2.45, 2.75) is 47.1 Å². The predicted molar refractivity (Wildman–Crippen MR) is 104 cm³/mol. The number of benzene rings is 2. The molecule has 1 aromatic heterocycles. The van der Waals surface area contributed by atoms with Gasteiger partial charge in [0.25, 0.3) is 0 Å². The fraction of sp³-hybridized carbons (Fsp3) is 0.409. The molecule has 0 saturated carbocycles. The van der Waals surface area contributed by atoms with Gasteiger partial charge in [-0.2, -0.15) is 0 Å². The Kier molecular flexibility index (Phi) is 5.12. The van der Waals surface area contributed by atoms with Gasteiger partial charge in [0.2, 0.25) is 0 Å². The Morgan fingerprint density at radius 1 is 1.00 bits per heavy atom. The van der Waals surface area contributed by atoms with Gasteiger partial charge in [-0.3, -0.25) is 0 Å². The number of nitrogens with zero attached hydrogens (tertiary/aromatic N) is 2. The highest BCUT2D eigenvalue weighted by Crippen LogP contribution is 2.24. The Hall–Kier alpha value is -2.29. The van der Waals surface area contributed by atoms with Crippen LogP contribution in [0.2, 0.25) is 0 Å². The minimum atomic E-state index is 0.220. The van der Waals surface area contributed by atoms with Crippen molar-refractivity contribution < 1.29 is 4.74 Å². The summed E-state index contributed by atoms with van der Waals surface area (Å²) in [5.41, 5.74) is 3.78. The molecule has 3 aromatic rings. The van der Waals surface area contributed by atoms with Gasteiger partial charge in [0, 0.05) is 13.0 Å². The average molecular weight is 336 g/mol. The van der Waals surface area contributed by atoms with Crippen LogP contribution in [0.25, 0.3) is 11.0 Å². The summed E-state index contributed by atoms with van der Waals surface area (Å²) in [6.07, 6.45) is 1.94. The van der Waals surface area contributed by atoms with Crippen LogP contribution in [0.4, 0.5) is 0 Å². The van der Waals surface area contributed by atoms with Crippen LogP contribution in [0.15, 0.2) is 48.5 Å². The Morgan fingerprint density at radius 3 is 2.44 bits per heavy atom. The van der Waals surface area contributed by atoms with Crippen molar-refractivity contribution in [1.82, 2.24) is 9.55 Å². The fourth-order valence-electron chi connectivity index (χ4n) is 3.03. The highest BCUT2D eigenvalue weighted by atomic mass is 16.5. The van der Waals surface area contributed by atoms with Crippen molar-refractivity contribution in [1.29, 1.82) is 0 Å². The summed E-state index contributed by atoms with van der Waals surface area (Å²) in [5, 5.41) is 0. The van der Waals surface area contributed by atoms with E-state index in [2.05, 4.69) is 68.7 Å². The maximum atomic E-state index is 5.88. The molecule has 2 aromatic carbocycles. The van der Waals surface area contributed by atoms with Gasteiger partial charge in [0.15, 0.2) is 0 Å². The minimum absolute atomic E-state index is 0.220. The number of para-hydroxylation sites is 2. The molecule has 3 rings (SSSR count). The van der Waals surface area contributed by atoms with E-state index >= 15 is 0 Å². The molecule has 0 radical (unpaired) electrons. The van der Waals surface area contributed by atoms with Gasteiger partial charge in [-0.25, -0.2) is 4.98 Å². The van der Waals surface area contributed by atoms with Gasteiger partial charge in [0.05, 0.1) is 17.6 Å². The van der Waals surface area contributed by atoms with Gasteiger partial charge in [-0.1, -0.05) is 50.6 Å². The van der Waals surface area contributed by atoms with Crippen LogP contribution in [0.1, 0.15) is 38.6 Å². The van der Waals surface area contributed by atoms with Crippen molar-refractivity contribution in [3.05, 3.63) is 59.9 Å². The smallest absolute Gasteiger partial charge is 0.119 e. The lowest BCUT2D eigenvalue weighted by atomic mass is 9.92. The Balaban J connectivity index is 1.69. The quantitative estimate of drug-likeness (QED) is 0.563. The first-order chi connectivity index (χ1) is 11.9. The molecule has 3 nitrogen and oxygen atoms in total. The van der Waals surface area contributed by atoms with Crippen LogP contribution >= 0.6 is 0 Å². The van der Waals surface area contributed by atoms with Crippen LogP contribution in [0.5, 0.6) is 5.75 Å². The molecule has 0 aliphatic carbocycles. The van der Waals surface area contributed by atoms with Crippen LogP contribution in [-0.4, -0.2) is 16.2 Å². The normalized spacial score (nSPS) is 11.8. The van der Waals surface area contributed by atoms with Crippen molar-refractivity contribution in [2.24, 2.45) is 5.41 Å². The zero-order chi connectivity index (χ0) is 17.9. The number of hydrogen-bond acceptors (Lipinski definition) is 2. The van der Waals surface area contributed by atoms with Crippen LogP contribution < -0.4 is 4.74 Å². The Labute approximate surface area is 150 Å². The van der Waals surface area contributed by atoms with Gasteiger partial charge in [0.1, 0.15) is 11.6 Å². The number of aromatic nitrogens is 2. The summed E-state index contributed by atoms with van der Waals surface area (Å²) in [6.45, 7) is 10.5. The Morgan fingerprint density at radius 2 is 1.72 bits per heavy atom. The van der Waals surface area contributed by atoms with Crippen LogP contribution in [-0.2, 0) is 13.0 Å². The summed E-state index contributed by atoms with van der Waals surface area (Å²) < 4.78 is 8.24. The number of rotatable bonds is 6. The van der Waals surface area contributed by atoms with E-state index in [0.717, 1.165) is 30.7 Å². The zero-order valence-electron chi connectivity index (χ0n) is 15.7. The van der Waals surface area contributed by atoms with E-state index in [0.29, 0.717) is 6.61 Å². The molecule has 0 unspecified atom stereocenters. The lowest BCUT2D eigenvalue weighted by molar-refractivity contribution is 0.300. The van der Waals surface area contributed by atoms with Crippen LogP contribution in [0.3, 0.4) is 0 Å². The van der Waals surface area contributed by atoms with Crippen molar-refractivity contribution in [2.75, 3.05) is 6.61 Å². The number of imidazole rings is 1. The average Bonchev–Trinajstić information content (AvgIpc) is 2.88. The molecule has 0 bridgehead atoms. The minimum Gasteiger partial charge on any atom is -0.494 e. The van der Waals surface area contributed by atoms with Gasteiger partial charge >= 0.3 is 0 Å². The van der Waals surface area contributed by atoms with E-state index in [9.17, 15) is 0 Å². The zero-order valence-corrected chi connectivity index (χ0v) is 15.7. The first-order valence-electron chi connectivity index (χ1n) is 9.06. The lowest BCUT2D eigenvalue weighted by Crippen LogP contribution is -2.15. The third-order valence-corrected chi connectivity index (χ3v) is 4.24. The molecule has 1 heterocycles. The summed E-state index contributed by atoms with van der Waals surface area (Å²) in [5.74, 6) is 2.11.